The smallest absolute Gasteiger partial charge is 0.207 e. The molecule has 2 rings (SSSR count). The summed E-state index contributed by atoms with van der Waals surface area (Å²) in [5.74, 6) is -0.449. The predicted molar refractivity (Wildman–Crippen MR) is 75.5 cm³/mol. The van der Waals surface area contributed by atoms with Gasteiger partial charge in [0.25, 0.3) is 0 Å². The van der Waals surface area contributed by atoms with Crippen molar-refractivity contribution >= 4 is 0 Å². The van der Waals surface area contributed by atoms with Crippen molar-refractivity contribution in [3.63, 3.8) is 0 Å². The zero-order valence-corrected chi connectivity index (χ0v) is 12.1. The van der Waals surface area contributed by atoms with Crippen LogP contribution in [-0.4, -0.2) is 0 Å². The van der Waals surface area contributed by atoms with E-state index >= 15 is 0 Å². The topological polar surface area (TPSA) is 0 Å². The lowest BCUT2D eigenvalue weighted by atomic mass is 9.85. The van der Waals surface area contributed by atoms with Crippen LogP contribution in [0.25, 0.3) is 11.1 Å². The number of rotatable bonds is 1. The highest BCUT2D eigenvalue weighted by atomic mass is 19.4. The third kappa shape index (κ3) is 3.63. The Morgan fingerprint density at radius 1 is 0.762 bits per heavy atom. The van der Waals surface area contributed by atoms with Crippen LogP contribution in [-0.2, 0) is 11.6 Å². The lowest BCUT2D eigenvalue weighted by Gasteiger charge is -2.20. The first-order valence-electron chi connectivity index (χ1n) is 6.56. The largest absolute Gasteiger partial charge is 0.416 e. The Balaban J connectivity index is 2.55. The van der Waals surface area contributed by atoms with Gasteiger partial charge in [-0.15, -0.1) is 0 Å². The van der Waals surface area contributed by atoms with E-state index in [4.69, 9.17) is 0 Å². The molecule has 0 amide bonds. The average molecular weight is 296 g/mol. The van der Waals surface area contributed by atoms with E-state index in [0.29, 0.717) is 11.1 Å². The van der Waals surface area contributed by atoms with E-state index in [0.717, 1.165) is 17.7 Å². The van der Waals surface area contributed by atoms with Crippen LogP contribution < -0.4 is 0 Å². The number of halogens is 4. The van der Waals surface area contributed by atoms with E-state index in [-0.39, 0.29) is 5.41 Å². The summed E-state index contributed by atoms with van der Waals surface area (Å²) in [6.07, 6.45) is -4.41. The summed E-state index contributed by atoms with van der Waals surface area (Å²) in [6, 6.07) is 9.34. The van der Waals surface area contributed by atoms with Crippen LogP contribution in [0, 0.1) is 5.82 Å². The summed E-state index contributed by atoms with van der Waals surface area (Å²) in [7, 11) is 0. The van der Waals surface area contributed by atoms with E-state index in [1.165, 1.54) is 18.2 Å². The summed E-state index contributed by atoms with van der Waals surface area (Å²) in [5.41, 5.74) is 0.538. The fraction of sp³-hybridized carbons (Fsp3) is 0.294. The normalized spacial score (nSPS) is 12.5. The van der Waals surface area contributed by atoms with Gasteiger partial charge < -0.3 is 0 Å². The van der Waals surface area contributed by atoms with Crippen molar-refractivity contribution in [3.8, 4) is 11.1 Å². The van der Waals surface area contributed by atoms with Gasteiger partial charge in [0.15, 0.2) is 0 Å². The van der Waals surface area contributed by atoms with Crippen LogP contribution in [0.3, 0.4) is 0 Å². The number of benzene rings is 2. The summed E-state index contributed by atoms with van der Waals surface area (Å²) >= 11 is 0. The van der Waals surface area contributed by atoms with Gasteiger partial charge in [-0.3, -0.25) is 0 Å². The highest BCUT2D eigenvalue weighted by Gasteiger charge is 2.30. The van der Waals surface area contributed by atoms with E-state index in [9.17, 15) is 17.6 Å². The van der Waals surface area contributed by atoms with E-state index in [1.54, 1.807) is 12.1 Å². The number of alkyl halides is 3. The van der Waals surface area contributed by atoms with Gasteiger partial charge in [-0.2, -0.15) is 13.2 Å². The van der Waals surface area contributed by atoms with Gasteiger partial charge in [0.1, 0.15) is 5.82 Å². The SMILES string of the molecule is CC(C)(C)c1cc(F)cc(-c2cccc(C(F)(F)F)c2)c1. The van der Waals surface area contributed by atoms with Crippen molar-refractivity contribution < 1.29 is 17.6 Å². The quantitative estimate of drug-likeness (QED) is 0.583. The lowest BCUT2D eigenvalue weighted by molar-refractivity contribution is -0.137. The number of hydrogen-bond donors (Lipinski definition) is 0. The second-order valence-electron chi connectivity index (χ2n) is 6.06. The molecule has 0 atom stereocenters. The van der Waals surface area contributed by atoms with Crippen LogP contribution in [0.2, 0.25) is 0 Å². The average Bonchev–Trinajstić information content (AvgIpc) is 2.36. The molecule has 0 saturated heterocycles. The highest BCUT2D eigenvalue weighted by Crippen LogP contribution is 2.34. The Kier molecular flexibility index (Phi) is 3.83. The maximum absolute atomic E-state index is 13.8. The molecule has 0 radical (unpaired) electrons. The molecule has 0 aliphatic rings. The van der Waals surface area contributed by atoms with Gasteiger partial charge in [-0.25, -0.2) is 4.39 Å². The van der Waals surface area contributed by atoms with Crippen LogP contribution in [0.4, 0.5) is 17.6 Å². The molecular formula is C17H16F4. The highest BCUT2D eigenvalue weighted by molar-refractivity contribution is 5.65. The summed E-state index contributed by atoms with van der Waals surface area (Å²) in [5, 5.41) is 0. The molecule has 112 valence electrons. The van der Waals surface area contributed by atoms with Gasteiger partial charge in [0.2, 0.25) is 0 Å². The van der Waals surface area contributed by atoms with Crippen LogP contribution in [0.1, 0.15) is 31.9 Å². The molecule has 0 N–H and O–H groups in total. The molecule has 0 aromatic heterocycles. The molecule has 0 heterocycles. The van der Waals surface area contributed by atoms with E-state index in [2.05, 4.69) is 0 Å². The van der Waals surface area contributed by atoms with Crippen molar-refractivity contribution in [3.05, 3.63) is 59.4 Å². The van der Waals surface area contributed by atoms with Crippen molar-refractivity contribution in [1.29, 1.82) is 0 Å². The molecule has 2 aromatic rings. The fourth-order valence-electron chi connectivity index (χ4n) is 2.06. The van der Waals surface area contributed by atoms with Crippen molar-refractivity contribution in [1.82, 2.24) is 0 Å². The third-order valence-electron chi connectivity index (χ3n) is 3.29. The molecule has 21 heavy (non-hydrogen) atoms. The first kappa shape index (κ1) is 15.5. The van der Waals surface area contributed by atoms with Gasteiger partial charge in [0, 0.05) is 0 Å². The Hall–Kier alpha value is -1.84. The molecule has 0 aliphatic heterocycles. The molecule has 0 saturated carbocycles. The Morgan fingerprint density at radius 3 is 1.95 bits per heavy atom. The third-order valence-corrected chi connectivity index (χ3v) is 3.29. The van der Waals surface area contributed by atoms with Gasteiger partial charge in [0.05, 0.1) is 5.56 Å². The molecule has 0 nitrogen and oxygen atoms in total. The Labute approximate surface area is 121 Å². The zero-order chi connectivity index (χ0) is 15.8. The first-order chi connectivity index (χ1) is 9.57. The van der Waals surface area contributed by atoms with Gasteiger partial charge >= 0.3 is 6.18 Å². The summed E-state index contributed by atoms with van der Waals surface area (Å²) < 4.78 is 52.0. The Morgan fingerprint density at radius 2 is 1.38 bits per heavy atom. The first-order valence-corrected chi connectivity index (χ1v) is 6.56. The second-order valence-corrected chi connectivity index (χ2v) is 6.06. The Bertz CT molecular complexity index is 649. The van der Waals surface area contributed by atoms with Gasteiger partial charge in [-0.05, 0) is 46.4 Å². The molecular weight excluding hydrogens is 280 g/mol. The van der Waals surface area contributed by atoms with Crippen molar-refractivity contribution in [2.24, 2.45) is 0 Å². The fourth-order valence-corrected chi connectivity index (χ4v) is 2.06. The zero-order valence-electron chi connectivity index (χ0n) is 12.1. The standard InChI is InChI=1S/C17H16F4/c1-16(2,3)14-8-12(9-15(18)10-14)11-5-4-6-13(7-11)17(19,20)21/h4-10H,1-3H3. The van der Waals surface area contributed by atoms with Crippen molar-refractivity contribution in [2.75, 3.05) is 0 Å². The van der Waals surface area contributed by atoms with Crippen LogP contribution in [0.15, 0.2) is 42.5 Å². The second kappa shape index (κ2) is 5.17. The summed E-state index contributed by atoms with van der Waals surface area (Å²) in [4.78, 5) is 0. The minimum Gasteiger partial charge on any atom is -0.207 e. The van der Waals surface area contributed by atoms with Crippen LogP contribution in [0.5, 0.6) is 0 Å². The monoisotopic (exact) mass is 296 g/mol. The maximum atomic E-state index is 13.8. The minimum atomic E-state index is -4.41. The number of hydrogen-bond acceptors (Lipinski definition) is 0. The summed E-state index contributed by atoms with van der Waals surface area (Å²) in [6.45, 7) is 5.78. The molecule has 4 heteroatoms. The van der Waals surface area contributed by atoms with Gasteiger partial charge in [-0.1, -0.05) is 39.0 Å². The molecule has 0 fully saturated rings. The molecule has 0 unspecified atom stereocenters. The predicted octanol–water partition coefficient (Wildman–Crippen LogP) is 5.81. The van der Waals surface area contributed by atoms with Crippen LogP contribution >= 0.6 is 0 Å². The molecule has 0 aliphatic carbocycles. The van der Waals surface area contributed by atoms with E-state index in [1.807, 2.05) is 20.8 Å². The molecule has 0 bridgehead atoms. The molecule has 0 spiro atoms. The molecule has 2 aromatic carbocycles. The minimum absolute atomic E-state index is 0.279. The van der Waals surface area contributed by atoms with Crippen molar-refractivity contribution in [2.45, 2.75) is 32.4 Å². The van der Waals surface area contributed by atoms with E-state index < -0.39 is 17.6 Å². The lowest BCUT2D eigenvalue weighted by Crippen LogP contribution is -2.11. The maximum Gasteiger partial charge on any atom is 0.416 e.